The van der Waals surface area contributed by atoms with Crippen LogP contribution in [0.25, 0.3) is 0 Å². The second-order valence-electron chi connectivity index (χ2n) is 5.67. The third-order valence-electron chi connectivity index (χ3n) is 3.11. The van der Waals surface area contributed by atoms with E-state index < -0.39 is 0 Å². The summed E-state index contributed by atoms with van der Waals surface area (Å²) in [5.41, 5.74) is 5.04. The molecular formula is C15H20N4S. The van der Waals surface area contributed by atoms with Crippen molar-refractivity contribution in [3.05, 3.63) is 41.7 Å². The molecule has 2 aromatic rings. The zero-order valence-corrected chi connectivity index (χ0v) is 13.1. The Labute approximate surface area is 124 Å². The molecule has 106 valence electrons. The molecule has 3 N–H and O–H groups in total. The van der Waals surface area contributed by atoms with E-state index in [1.54, 1.807) is 11.8 Å². The molecule has 0 unspecified atom stereocenters. The highest BCUT2D eigenvalue weighted by atomic mass is 32.2. The van der Waals surface area contributed by atoms with Gasteiger partial charge in [-0.25, -0.2) is 15.8 Å². The zero-order chi connectivity index (χ0) is 14.8. The van der Waals surface area contributed by atoms with Crippen molar-refractivity contribution in [3.8, 4) is 0 Å². The largest absolute Gasteiger partial charge is 0.308 e. The van der Waals surface area contributed by atoms with Crippen LogP contribution < -0.4 is 11.3 Å². The lowest BCUT2D eigenvalue weighted by Crippen LogP contribution is -2.11. The van der Waals surface area contributed by atoms with Gasteiger partial charge in [0.05, 0.1) is 0 Å². The summed E-state index contributed by atoms with van der Waals surface area (Å²) in [7, 11) is 0. The predicted molar refractivity (Wildman–Crippen MR) is 83.8 cm³/mol. The van der Waals surface area contributed by atoms with Crippen LogP contribution >= 0.6 is 11.8 Å². The number of anilines is 1. The number of hydrogen-bond donors (Lipinski definition) is 2. The van der Waals surface area contributed by atoms with E-state index in [2.05, 4.69) is 60.4 Å². The minimum atomic E-state index is 0.171. The monoisotopic (exact) mass is 288 g/mol. The molecule has 0 saturated carbocycles. The first-order valence-electron chi connectivity index (χ1n) is 6.48. The maximum absolute atomic E-state index is 5.43. The van der Waals surface area contributed by atoms with Gasteiger partial charge in [-0.3, -0.25) is 0 Å². The lowest BCUT2D eigenvalue weighted by molar-refractivity contribution is 0.590. The Balaban J connectivity index is 2.23. The first kappa shape index (κ1) is 14.8. The fourth-order valence-electron chi connectivity index (χ4n) is 1.82. The molecule has 0 saturated heterocycles. The number of rotatable bonds is 3. The summed E-state index contributed by atoms with van der Waals surface area (Å²) in [5, 5.41) is 0.913. The van der Waals surface area contributed by atoms with Gasteiger partial charge in [-0.05, 0) is 30.0 Å². The van der Waals surface area contributed by atoms with E-state index in [1.807, 2.05) is 6.92 Å². The quantitative estimate of drug-likeness (QED) is 0.514. The van der Waals surface area contributed by atoms with Crippen LogP contribution in [-0.4, -0.2) is 9.97 Å². The average molecular weight is 288 g/mol. The van der Waals surface area contributed by atoms with Gasteiger partial charge < -0.3 is 5.43 Å². The fourth-order valence-corrected chi connectivity index (χ4v) is 2.66. The van der Waals surface area contributed by atoms with Crippen LogP contribution in [0.1, 0.15) is 31.9 Å². The van der Waals surface area contributed by atoms with Gasteiger partial charge in [0.15, 0.2) is 0 Å². The van der Waals surface area contributed by atoms with Crippen molar-refractivity contribution < 1.29 is 0 Å². The van der Waals surface area contributed by atoms with Crippen LogP contribution in [0.2, 0.25) is 0 Å². The summed E-state index contributed by atoms with van der Waals surface area (Å²) in [6, 6.07) is 8.59. The third kappa shape index (κ3) is 3.29. The Hall–Kier alpha value is -1.59. The molecule has 0 fully saturated rings. The van der Waals surface area contributed by atoms with Crippen LogP contribution in [-0.2, 0) is 5.41 Å². The molecule has 2 rings (SSSR count). The summed E-state index contributed by atoms with van der Waals surface area (Å²) >= 11 is 1.62. The summed E-state index contributed by atoms with van der Waals surface area (Å²) in [6.07, 6.45) is 1.52. The first-order chi connectivity index (χ1) is 9.41. The summed E-state index contributed by atoms with van der Waals surface area (Å²) in [6.45, 7) is 8.59. The van der Waals surface area contributed by atoms with Gasteiger partial charge in [-0.1, -0.05) is 44.7 Å². The molecular weight excluding hydrogens is 268 g/mol. The topological polar surface area (TPSA) is 63.8 Å². The second-order valence-corrected chi connectivity index (χ2v) is 6.74. The van der Waals surface area contributed by atoms with Crippen molar-refractivity contribution in [1.29, 1.82) is 0 Å². The molecule has 5 heteroatoms. The van der Waals surface area contributed by atoms with E-state index in [0.29, 0.717) is 5.82 Å². The highest BCUT2D eigenvalue weighted by Gasteiger charge is 2.13. The number of hydrogen-bond acceptors (Lipinski definition) is 5. The van der Waals surface area contributed by atoms with E-state index in [1.165, 1.54) is 11.9 Å². The Bertz CT molecular complexity index is 588. The van der Waals surface area contributed by atoms with Gasteiger partial charge in [0.25, 0.3) is 0 Å². The van der Waals surface area contributed by atoms with Crippen molar-refractivity contribution in [3.63, 3.8) is 0 Å². The van der Waals surface area contributed by atoms with E-state index in [-0.39, 0.29) is 5.41 Å². The van der Waals surface area contributed by atoms with Crippen molar-refractivity contribution in [1.82, 2.24) is 9.97 Å². The van der Waals surface area contributed by atoms with Crippen molar-refractivity contribution in [2.45, 2.75) is 43.0 Å². The van der Waals surface area contributed by atoms with Crippen LogP contribution in [0.3, 0.4) is 0 Å². The predicted octanol–water partition coefficient (Wildman–Crippen LogP) is 3.52. The third-order valence-corrected chi connectivity index (χ3v) is 4.22. The van der Waals surface area contributed by atoms with Crippen LogP contribution in [0.5, 0.6) is 0 Å². The lowest BCUT2D eigenvalue weighted by Gasteiger charge is -2.19. The number of aromatic nitrogens is 2. The Morgan fingerprint density at radius 2 is 1.75 bits per heavy atom. The number of nitrogens with one attached hydrogen (secondary N) is 1. The van der Waals surface area contributed by atoms with E-state index in [0.717, 1.165) is 15.5 Å². The molecule has 0 aliphatic carbocycles. The van der Waals surface area contributed by atoms with Gasteiger partial charge in [-0.15, -0.1) is 0 Å². The van der Waals surface area contributed by atoms with E-state index in [9.17, 15) is 0 Å². The van der Waals surface area contributed by atoms with Gasteiger partial charge in [-0.2, -0.15) is 0 Å². The Morgan fingerprint density at radius 3 is 2.30 bits per heavy atom. The molecule has 0 radical (unpaired) electrons. The molecule has 0 spiro atoms. The van der Waals surface area contributed by atoms with Crippen LogP contribution in [0, 0.1) is 6.92 Å². The molecule has 20 heavy (non-hydrogen) atoms. The molecule has 1 heterocycles. The van der Waals surface area contributed by atoms with Gasteiger partial charge >= 0.3 is 0 Å². The minimum Gasteiger partial charge on any atom is -0.308 e. The summed E-state index contributed by atoms with van der Waals surface area (Å²) in [5.74, 6) is 6.09. The summed E-state index contributed by atoms with van der Waals surface area (Å²) in [4.78, 5) is 9.55. The molecule has 0 amide bonds. The maximum Gasteiger partial charge on any atom is 0.147 e. The Morgan fingerprint density at radius 1 is 1.10 bits per heavy atom. The molecule has 4 nitrogen and oxygen atoms in total. The van der Waals surface area contributed by atoms with Crippen LogP contribution in [0.4, 0.5) is 5.82 Å². The van der Waals surface area contributed by atoms with Crippen molar-refractivity contribution >= 4 is 17.6 Å². The van der Waals surface area contributed by atoms with Crippen LogP contribution in [0.15, 0.2) is 40.5 Å². The lowest BCUT2D eigenvalue weighted by atomic mass is 9.87. The number of hydrazine groups is 1. The first-order valence-corrected chi connectivity index (χ1v) is 7.30. The van der Waals surface area contributed by atoms with E-state index in [4.69, 9.17) is 5.84 Å². The number of nitrogens with zero attached hydrogens (tertiary/aromatic N) is 2. The highest BCUT2D eigenvalue weighted by molar-refractivity contribution is 7.99. The molecule has 1 aromatic carbocycles. The van der Waals surface area contributed by atoms with E-state index >= 15 is 0 Å². The number of nitrogen functional groups attached to an aromatic ring is 1. The molecule has 0 bridgehead atoms. The summed E-state index contributed by atoms with van der Waals surface area (Å²) < 4.78 is 0. The SMILES string of the molecule is Cc1c(NN)ncnc1Sc1ccc(C(C)(C)C)cc1. The fraction of sp³-hybridized carbons (Fsp3) is 0.333. The maximum atomic E-state index is 5.43. The van der Waals surface area contributed by atoms with Gasteiger partial charge in [0.2, 0.25) is 0 Å². The smallest absolute Gasteiger partial charge is 0.147 e. The molecule has 1 aromatic heterocycles. The molecule has 0 aliphatic rings. The highest BCUT2D eigenvalue weighted by Crippen LogP contribution is 2.32. The average Bonchev–Trinajstić information content (AvgIpc) is 2.41. The zero-order valence-electron chi connectivity index (χ0n) is 12.3. The van der Waals surface area contributed by atoms with Crippen molar-refractivity contribution in [2.24, 2.45) is 5.84 Å². The second kappa shape index (κ2) is 5.81. The van der Waals surface area contributed by atoms with Gasteiger partial charge in [0.1, 0.15) is 17.2 Å². The van der Waals surface area contributed by atoms with Crippen molar-refractivity contribution in [2.75, 3.05) is 5.43 Å². The Kier molecular flexibility index (Phi) is 4.30. The molecule has 0 aliphatic heterocycles. The minimum absolute atomic E-state index is 0.171. The normalized spacial score (nSPS) is 11.4. The standard InChI is InChI=1S/C15H20N4S/c1-10-13(19-16)17-9-18-14(10)20-12-7-5-11(6-8-12)15(2,3)4/h5-9H,16H2,1-4H3,(H,17,18,19). The number of nitrogens with two attached hydrogens (primary N) is 1. The number of benzene rings is 1. The molecule has 0 atom stereocenters. The van der Waals surface area contributed by atoms with Gasteiger partial charge in [0, 0.05) is 10.5 Å².